The first-order valence-electron chi connectivity index (χ1n) is 7.82. The van der Waals surface area contributed by atoms with Gasteiger partial charge in [-0.15, -0.1) is 0 Å². The van der Waals surface area contributed by atoms with Gasteiger partial charge >= 0.3 is 0 Å². The second kappa shape index (κ2) is 7.25. The largest absolute Gasteiger partial charge is 0.381 e. The normalized spacial score (nSPS) is 25.8. The van der Waals surface area contributed by atoms with Crippen molar-refractivity contribution >= 4 is 5.91 Å². The topological polar surface area (TPSA) is 64.4 Å². The van der Waals surface area contributed by atoms with E-state index in [2.05, 4.69) is 12.2 Å². The van der Waals surface area contributed by atoms with Crippen LogP contribution in [0.1, 0.15) is 51.9 Å². The van der Waals surface area contributed by atoms with Crippen LogP contribution in [-0.4, -0.2) is 31.2 Å². The van der Waals surface area contributed by atoms with E-state index in [4.69, 9.17) is 10.5 Å². The minimum absolute atomic E-state index is 0.0324. The van der Waals surface area contributed by atoms with Gasteiger partial charge < -0.3 is 15.8 Å². The van der Waals surface area contributed by atoms with E-state index in [0.29, 0.717) is 5.92 Å². The standard InChI is InChI=1S/C15H28N2O2/c1-11(12-5-3-2-4-6-12)17-15(18)14(16)13-7-9-19-10-8-13/h11-14H,2-10,16H2,1H3,(H,17,18). The van der Waals surface area contributed by atoms with E-state index in [1.54, 1.807) is 0 Å². The lowest BCUT2D eigenvalue weighted by atomic mass is 9.84. The number of ether oxygens (including phenoxy) is 1. The number of hydrogen-bond donors (Lipinski definition) is 2. The van der Waals surface area contributed by atoms with E-state index in [9.17, 15) is 4.79 Å². The van der Waals surface area contributed by atoms with Crippen LogP contribution in [0.15, 0.2) is 0 Å². The molecule has 110 valence electrons. The third-order valence-corrected chi connectivity index (χ3v) is 4.80. The molecule has 4 heteroatoms. The fraction of sp³-hybridized carbons (Fsp3) is 0.933. The van der Waals surface area contributed by atoms with Gasteiger partial charge in [-0.25, -0.2) is 0 Å². The maximum absolute atomic E-state index is 12.2. The van der Waals surface area contributed by atoms with Crippen LogP contribution in [0.4, 0.5) is 0 Å². The van der Waals surface area contributed by atoms with Gasteiger partial charge in [0.15, 0.2) is 0 Å². The molecule has 1 heterocycles. The molecule has 2 atom stereocenters. The maximum atomic E-state index is 12.2. The van der Waals surface area contributed by atoms with Crippen LogP contribution >= 0.6 is 0 Å². The van der Waals surface area contributed by atoms with Crippen LogP contribution in [0.3, 0.4) is 0 Å². The fourth-order valence-electron chi connectivity index (χ4n) is 3.36. The lowest BCUT2D eigenvalue weighted by Crippen LogP contribution is -2.51. The van der Waals surface area contributed by atoms with Gasteiger partial charge in [-0.3, -0.25) is 4.79 Å². The minimum Gasteiger partial charge on any atom is -0.381 e. The average molecular weight is 268 g/mol. The Balaban J connectivity index is 1.78. The molecule has 2 aliphatic rings. The van der Waals surface area contributed by atoms with Crippen LogP contribution in [0.2, 0.25) is 0 Å². The molecule has 0 bridgehead atoms. The molecule has 1 saturated heterocycles. The summed E-state index contributed by atoms with van der Waals surface area (Å²) in [6.07, 6.45) is 8.26. The summed E-state index contributed by atoms with van der Waals surface area (Å²) in [6, 6.07) is -0.103. The monoisotopic (exact) mass is 268 g/mol. The summed E-state index contributed by atoms with van der Waals surface area (Å²) in [5.41, 5.74) is 6.10. The smallest absolute Gasteiger partial charge is 0.237 e. The van der Waals surface area contributed by atoms with Crippen molar-refractivity contribution in [3.05, 3.63) is 0 Å². The molecular weight excluding hydrogens is 240 g/mol. The van der Waals surface area contributed by atoms with Crippen molar-refractivity contribution < 1.29 is 9.53 Å². The van der Waals surface area contributed by atoms with Gasteiger partial charge in [-0.05, 0) is 44.4 Å². The van der Waals surface area contributed by atoms with Gasteiger partial charge in [-0.2, -0.15) is 0 Å². The van der Waals surface area contributed by atoms with E-state index >= 15 is 0 Å². The highest BCUT2D eigenvalue weighted by Crippen LogP contribution is 2.26. The Morgan fingerprint density at radius 3 is 2.37 bits per heavy atom. The second-order valence-electron chi connectivity index (χ2n) is 6.17. The quantitative estimate of drug-likeness (QED) is 0.817. The number of nitrogens with two attached hydrogens (primary N) is 1. The van der Waals surface area contributed by atoms with E-state index in [0.717, 1.165) is 26.1 Å². The van der Waals surface area contributed by atoms with Crippen molar-refractivity contribution in [2.24, 2.45) is 17.6 Å². The van der Waals surface area contributed by atoms with E-state index in [1.807, 2.05) is 0 Å². The molecule has 4 nitrogen and oxygen atoms in total. The van der Waals surface area contributed by atoms with Crippen LogP contribution in [0.25, 0.3) is 0 Å². The van der Waals surface area contributed by atoms with Crippen LogP contribution < -0.4 is 11.1 Å². The molecule has 0 spiro atoms. The Kier molecular flexibility index (Phi) is 5.64. The third-order valence-electron chi connectivity index (χ3n) is 4.80. The fourth-order valence-corrected chi connectivity index (χ4v) is 3.36. The molecular formula is C15H28N2O2. The zero-order valence-corrected chi connectivity index (χ0v) is 12.1. The van der Waals surface area contributed by atoms with Gasteiger partial charge in [0.1, 0.15) is 0 Å². The Morgan fingerprint density at radius 1 is 1.11 bits per heavy atom. The first kappa shape index (κ1) is 14.8. The zero-order chi connectivity index (χ0) is 13.7. The van der Waals surface area contributed by atoms with Crippen molar-refractivity contribution in [3.63, 3.8) is 0 Å². The highest BCUT2D eigenvalue weighted by atomic mass is 16.5. The molecule has 1 aliphatic heterocycles. The molecule has 3 N–H and O–H groups in total. The molecule has 2 unspecified atom stereocenters. The number of hydrogen-bond acceptors (Lipinski definition) is 3. The van der Waals surface area contributed by atoms with Crippen LogP contribution in [0, 0.1) is 11.8 Å². The van der Waals surface area contributed by atoms with Gasteiger partial charge in [0.2, 0.25) is 5.91 Å². The highest BCUT2D eigenvalue weighted by Gasteiger charge is 2.29. The maximum Gasteiger partial charge on any atom is 0.237 e. The van der Waals surface area contributed by atoms with Crippen molar-refractivity contribution in [2.75, 3.05) is 13.2 Å². The van der Waals surface area contributed by atoms with Gasteiger partial charge in [0, 0.05) is 19.3 Å². The SMILES string of the molecule is CC(NC(=O)C(N)C1CCOCC1)C1CCCCC1. The summed E-state index contributed by atoms with van der Waals surface area (Å²) >= 11 is 0. The predicted octanol–water partition coefficient (Wildman–Crippen LogP) is 1.83. The lowest BCUT2D eigenvalue weighted by Gasteiger charge is -2.31. The van der Waals surface area contributed by atoms with Gasteiger partial charge in [0.25, 0.3) is 0 Å². The lowest BCUT2D eigenvalue weighted by molar-refractivity contribution is -0.125. The van der Waals surface area contributed by atoms with Crippen LogP contribution in [0.5, 0.6) is 0 Å². The van der Waals surface area contributed by atoms with E-state index < -0.39 is 0 Å². The van der Waals surface area contributed by atoms with Crippen molar-refractivity contribution in [3.8, 4) is 0 Å². The minimum atomic E-state index is -0.366. The molecule has 2 fully saturated rings. The number of amides is 1. The van der Waals surface area contributed by atoms with Gasteiger partial charge in [-0.1, -0.05) is 19.3 Å². The molecule has 2 rings (SSSR count). The molecule has 0 aromatic rings. The third kappa shape index (κ3) is 4.18. The second-order valence-corrected chi connectivity index (χ2v) is 6.17. The number of nitrogens with one attached hydrogen (secondary N) is 1. The molecule has 19 heavy (non-hydrogen) atoms. The Bertz CT molecular complexity index is 284. The first-order valence-corrected chi connectivity index (χ1v) is 7.82. The van der Waals surface area contributed by atoms with Crippen molar-refractivity contribution in [2.45, 2.75) is 64.0 Å². The van der Waals surface area contributed by atoms with E-state index in [-0.39, 0.29) is 23.9 Å². The number of carbonyl (C=O) groups excluding carboxylic acids is 1. The summed E-state index contributed by atoms with van der Waals surface area (Å²) in [6.45, 7) is 3.61. The predicted molar refractivity (Wildman–Crippen MR) is 75.7 cm³/mol. The molecule has 0 aromatic heterocycles. The van der Waals surface area contributed by atoms with Crippen molar-refractivity contribution in [1.29, 1.82) is 0 Å². The first-order chi connectivity index (χ1) is 9.18. The van der Waals surface area contributed by atoms with Gasteiger partial charge in [0.05, 0.1) is 6.04 Å². The summed E-state index contributed by atoms with van der Waals surface area (Å²) < 4.78 is 5.32. The highest BCUT2D eigenvalue weighted by molar-refractivity contribution is 5.82. The average Bonchev–Trinajstić information content (AvgIpc) is 2.48. The molecule has 0 aromatic carbocycles. The summed E-state index contributed by atoms with van der Waals surface area (Å²) in [4.78, 5) is 12.2. The summed E-state index contributed by atoms with van der Waals surface area (Å²) in [5, 5.41) is 3.14. The Labute approximate surface area is 116 Å². The van der Waals surface area contributed by atoms with E-state index in [1.165, 1.54) is 32.1 Å². The number of carbonyl (C=O) groups is 1. The molecule has 0 radical (unpaired) electrons. The van der Waals surface area contributed by atoms with Crippen LogP contribution in [-0.2, 0) is 9.53 Å². The molecule has 1 aliphatic carbocycles. The van der Waals surface area contributed by atoms with Crippen molar-refractivity contribution in [1.82, 2.24) is 5.32 Å². The zero-order valence-electron chi connectivity index (χ0n) is 12.1. The summed E-state index contributed by atoms with van der Waals surface area (Å²) in [5.74, 6) is 0.955. The molecule has 1 amide bonds. The Hall–Kier alpha value is -0.610. The number of rotatable bonds is 4. The molecule has 1 saturated carbocycles. The Morgan fingerprint density at radius 2 is 1.74 bits per heavy atom. The summed E-state index contributed by atoms with van der Waals surface area (Å²) in [7, 11) is 0.